The smallest absolute Gasteiger partial charge is 0.243 e. The predicted molar refractivity (Wildman–Crippen MR) is 102 cm³/mol. The molecule has 0 aromatic heterocycles. The first-order chi connectivity index (χ1) is 12.0. The molecule has 2 aliphatic carbocycles. The number of fused-ring (bicyclic) bond motifs is 2. The summed E-state index contributed by atoms with van der Waals surface area (Å²) in [5.41, 5.74) is 0.271. The van der Waals surface area contributed by atoms with E-state index in [0.29, 0.717) is 10.9 Å². The highest BCUT2D eigenvalue weighted by Gasteiger charge is 2.61. The Bertz CT molecular complexity index is 807. The van der Waals surface area contributed by atoms with Crippen LogP contribution >= 0.6 is 11.6 Å². The Morgan fingerprint density at radius 3 is 2.38 bits per heavy atom. The minimum Gasteiger partial charge on any atom is -0.352 e. The number of hydrogen-bond donors (Lipinski definition) is 1. The minimum absolute atomic E-state index is 0.0704. The number of benzene rings is 1. The van der Waals surface area contributed by atoms with Crippen molar-refractivity contribution in [3.8, 4) is 0 Å². The lowest BCUT2D eigenvalue weighted by Gasteiger charge is -2.39. The molecule has 7 heteroatoms. The van der Waals surface area contributed by atoms with Crippen LogP contribution in [0.5, 0.6) is 0 Å². The summed E-state index contributed by atoms with van der Waals surface area (Å²) in [5.74, 6) is 0.368. The van der Waals surface area contributed by atoms with Gasteiger partial charge >= 0.3 is 0 Å². The average Bonchev–Trinajstić information content (AvgIpc) is 2.88. The van der Waals surface area contributed by atoms with E-state index in [0.717, 1.165) is 17.1 Å². The molecule has 144 valence electrons. The molecule has 1 amide bonds. The molecule has 0 heterocycles. The Labute approximate surface area is 161 Å². The Hall–Kier alpha value is -1.11. The van der Waals surface area contributed by atoms with Crippen LogP contribution in [0, 0.1) is 16.7 Å². The van der Waals surface area contributed by atoms with Gasteiger partial charge in [-0.05, 0) is 60.3 Å². The number of rotatable bonds is 5. The molecular formula is C19H27ClN2O3S. The molecule has 2 bridgehead atoms. The lowest BCUT2D eigenvalue weighted by atomic mass is 9.69. The number of carbonyl (C=O) groups excluding carboxylic acids is 1. The van der Waals surface area contributed by atoms with E-state index in [1.165, 1.54) is 37.7 Å². The fraction of sp³-hybridized carbons (Fsp3) is 0.632. The van der Waals surface area contributed by atoms with Gasteiger partial charge in [0.15, 0.2) is 0 Å². The first-order valence-corrected chi connectivity index (χ1v) is 10.8. The molecule has 0 saturated heterocycles. The zero-order valence-electron chi connectivity index (χ0n) is 15.8. The van der Waals surface area contributed by atoms with Gasteiger partial charge in [-0.1, -0.05) is 32.4 Å². The van der Waals surface area contributed by atoms with Gasteiger partial charge in [-0.3, -0.25) is 4.79 Å². The molecule has 1 N–H and O–H groups in total. The number of hydrogen-bond acceptors (Lipinski definition) is 3. The van der Waals surface area contributed by atoms with Crippen molar-refractivity contribution in [2.75, 3.05) is 13.6 Å². The standard InChI is InChI=1S/C19H27ClN2O3S/c1-18(2)13-9-10-19(18,3)16(11-13)21-17(23)12-22(4)26(24,25)15-7-5-14(20)6-8-15/h5-8,13,16H,9-12H2,1-4H3,(H,21,23)/t13-,16+,19-/m1/s1. The molecule has 2 fully saturated rings. The number of nitrogens with zero attached hydrogens (tertiary/aromatic N) is 1. The minimum atomic E-state index is -3.72. The van der Waals surface area contributed by atoms with E-state index in [1.54, 1.807) is 0 Å². The molecule has 0 spiro atoms. The number of likely N-dealkylation sites (N-methyl/N-ethyl adjacent to an activating group) is 1. The van der Waals surface area contributed by atoms with Crippen molar-refractivity contribution in [2.24, 2.45) is 16.7 Å². The molecule has 2 aliphatic rings. The summed E-state index contributed by atoms with van der Waals surface area (Å²) in [6.45, 7) is 6.63. The largest absolute Gasteiger partial charge is 0.352 e. The summed E-state index contributed by atoms with van der Waals surface area (Å²) in [4.78, 5) is 12.7. The van der Waals surface area contributed by atoms with Gasteiger partial charge in [0.05, 0.1) is 11.4 Å². The van der Waals surface area contributed by atoms with Gasteiger partial charge in [0.2, 0.25) is 15.9 Å². The third-order valence-corrected chi connectivity index (χ3v) is 9.09. The van der Waals surface area contributed by atoms with Crippen molar-refractivity contribution in [1.29, 1.82) is 0 Å². The average molecular weight is 399 g/mol. The first kappa shape index (κ1) is 19.6. The maximum Gasteiger partial charge on any atom is 0.243 e. The van der Waals surface area contributed by atoms with E-state index < -0.39 is 10.0 Å². The summed E-state index contributed by atoms with van der Waals surface area (Å²) >= 11 is 5.82. The van der Waals surface area contributed by atoms with Crippen LogP contribution in [0.1, 0.15) is 40.0 Å². The number of carbonyl (C=O) groups is 1. The summed E-state index contributed by atoms with van der Waals surface area (Å²) in [7, 11) is -2.29. The van der Waals surface area contributed by atoms with Crippen LogP contribution in [-0.4, -0.2) is 38.3 Å². The SMILES string of the molecule is CN(CC(=O)N[C@H]1C[C@H]2CC[C@@]1(C)C2(C)C)S(=O)(=O)c1ccc(Cl)cc1. The first-order valence-electron chi connectivity index (χ1n) is 9.00. The van der Waals surface area contributed by atoms with Gasteiger partial charge < -0.3 is 5.32 Å². The normalized spacial score (nSPS) is 29.9. The third-order valence-electron chi connectivity index (χ3n) is 7.02. The van der Waals surface area contributed by atoms with Crippen LogP contribution in [0.2, 0.25) is 5.02 Å². The fourth-order valence-electron chi connectivity index (χ4n) is 4.74. The molecule has 3 atom stereocenters. The fourth-order valence-corrected chi connectivity index (χ4v) is 5.99. The van der Waals surface area contributed by atoms with E-state index in [-0.39, 0.29) is 34.2 Å². The van der Waals surface area contributed by atoms with Crippen molar-refractivity contribution >= 4 is 27.5 Å². The maximum atomic E-state index is 12.6. The molecule has 3 rings (SSSR count). The van der Waals surface area contributed by atoms with Crippen molar-refractivity contribution in [2.45, 2.75) is 51.0 Å². The topological polar surface area (TPSA) is 66.5 Å². The van der Waals surface area contributed by atoms with Gasteiger partial charge in [0, 0.05) is 18.1 Å². The third kappa shape index (κ3) is 3.06. The van der Waals surface area contributed by atoms with Crippen LogP contribution in [0.4, 0.5) is 0 Å². The van der Waals surface area contributed by atoms with Crippen molar-refractivity contribution in [1.82, 2.24) is 9.62 Å². The Kier molecular flexibility index (Phi) is 4.91. The molecule has 2 saturated carbocycles. The molecule has 0 unspecified atom stereocenters. The van der Waals surface area contributed by atoms with E-state index >= 15 is 0 Å². The van der Waals surface area contributed by atoms with E-state index in [4.69, 9.17) is 11.6 Å². The Morgan fingerprint density at radius 2 is 1.88 bits per heavy atom. The van der Waals surface area contributed by atoms with E-state index in [2.05, 4.69) is 26.1 Å². The van der Waals surface area contributed by atoms with Crippen molar-refractivity contribution < 1.29 is 13.2 Å². The second-order valence-corrected chi connectivity index (χ2v) is 10.9. The summed E-state index contributed by atoms with van der Waals surface area (Å²) in [6, 6.07) is 6.06. The summed E-state index contributed by atoms with van der Waals surface area (Å²) < 4.78 is 26.3. The van der Waals surface area contributed by atoms with Crippen LogP contribution in [0.25, 0.3) is 0 Å². The van der Waals surface area contributed by atoms with Gasteiger partial charge in [-0.2, -0.15) is 4.31 Å². The molecule has 1 aromatic carbocycles. The second kappa shape index (κ2) is 6.50. The zero-order valence-corrected chi connectivity index (χ0v) is 17.3. The van der Waals surface area contributed by atoms with Crippen molar-refractivity contribution in [3.05, 3.63) is 29.3 Å². The Balaban J connectivity index is 1.66. The lowest BCUT2D eigenvalue weighted by molar-refractivity contribution is -0.122. The van der Waals surface area contributed by atoms with Gasteiger partial charge in [0.1, 0.15) is 0 Å². The van der Waals surface area contributed by atoms with Gasteiger partial charge in [-0.25, -0.2) is 8.42 Å². The second-order valence-electron chi connectivity index (χ2n) is 8.45. The predicted octanol–water partition coefficient (Wildman–Crippen LogP) is 3.29. The highest BCUT2D eigenvalue weighted by atomic mass is 35.5. The Morgan fingerprint density at radius 1 is 1.27 bits per heavy atom. The summed E-state index contributed by atoms with van der Waals surface area (Å²) in [5, 5.41) is 3.57. The zero-order chi connectivity index (χ0) is 19.3. The van der Waals surface area contributed by atoms with Crippen LogP contribution < -0.4 is 5.32 Å². The molecule has 26 heavy (non-hydrogen) atoms. The number of nitrogens with one attached hydrogen (secondary N) is 1. The van der Waals surface area contributed by atoms with Crippen LogP contribution in [-0.2, 0) is 14.8 Å². The van der Waals surface area contributed by atoms with E-state index in [1.807, 2.05) is 0 Å². The van der Waals surface area contributed by atoms with Crippen molar-refractivity contribution in [3.63, 3.8) is 0 Å². The number of amides is 1. The molecule has 5 nitrogen and oxygen atoms in total. The molecule has 0 aliphatic heterocycles. The van der Waals surface area contributed by atoms with Gasteiger partial charge in [-0.15, -0.1) is 0 Å². The molecule has 0 radical (unpaired) electrons. The quantitative estimate of drug-likeness (QED) is 0.827. The van der Waals surface area contributed by atoms with E-state index in [9.17, 15) is 13.2 Å². The molecule has 1 aromatic rings. The van der Waals surface area contributed by atoms with Crippen LogP contribution in [0.15, 0.2) is 29.2 Å². The maximum absolute atomic E-state index is 12.6. The molecular weight excluding hydrogens is 372 g/mol. The monoisotopic (exact) mass is 398 g/mol. The lowest BCUT2D eigenvalue weighted by Crippen LogP contribution is -2.49. The van der Waals surface area contributed by atoms with Crippen LogP contribution in [0.3, 0.4) is 0 Å². The number of sulfonamides is 1. The number of halogens is 1. The highest BCUT2D eigenvalue weighted by Crippen LogP contribution is 2.65. The highest BCUT2D eigenvalue weighted by molar-refractivity contribution is 7.89. The van der Waals surface area contributed by atoms with Gasteiger partial charge in [0.25, 0.3) is 0 Å². The summed E-state index contributed by atoms with van der Waals surface area (Å²) in [6.07, 6.45) is 3.29.